The van der Waals surface area contributed by atoms with Crippen LogP contribution in [0.25, 0.3) is 0 Å². The van der Waals surface area contributed by atoms with E-state index in [2.05, 4.69) is 32.5 Å². The molecule has 0 saturated carbocycles. The molecular weight excluding hydrogens is 349 g/mol. The molecule has 0 fully saturated rings. The number of amides is 2. The average molecular weight is 368 g/mol. The van der Waals surface area contributed by atoms with Crippen molar-refractivity contribution in [1.82, 2.24) is 15.5 Å². The van der Waals surface area contributed by atoms with Crippen LogP contribution in [0.5, 0.6) is 0 Å². The van der Waals surface area contributed by atoms with E-state index in [1.165, 1.54) is 11.3 Å². The van der Waals surface area contributed by atoms with Gasteiger partial charge in [-0.15, -0.1) is 10.2 Å². The summed E-state index contributed by atoms with van der Waals surface area (Å²) in [6.07, 6.45) is -1.93. The highest BCUT2D eigenvalue weighted by atomic mass is 32.1. The third-order valence-electron chi connectivity index (χ3n) is 2.70. The lowest BCUT2D eigenvalue weighted by molar-refractivity contribution is -0.160. The number of carbonyl (C=O) groups excluding carboxylic acids is 2. The fourth-order valence-electron chi connectivity index (χ4n) is 1.59. The van der Waals surface area contributed by atoms with E-state index in [-0.39, 0.29) is 13.0 Å². The van der Waals surface area contributed by atoms with Gasteiger partial charge in [0.2, 0.25) is 11.0 Å². The molecular formula is C13H19F3N4O3S. The Morgan fingerprint density at radius 2 is 2.00 bits per heavy atom. The summed E-state index contributed by atoms with van der Waals surface area (Å²) in [5.41, 5.74) is 0. The normalized spacial score (nSPS) is 11.2. The van der Waals surface area contributed by atoms with Gasteiger partial charge in [-0.25, -0.2) is 4.79 Å². The molecule has 1 heterocycles. The van der Waals surface area contributed by atoms with Crippen molar-refractivity contribution in [3.63, 3.8) is 0 Å². The van der Waals surface area contributed by atoms with E-state index in [9.17, 15) is 22.8 Å². The third kappa shape index (κ3) is 9.28. The number of rotatable bonds is 9. The Labute approximate surface area is 141 Å². The van der Waals surface area contributed by atoms with Crippen LogP contribution in [0.4, 0.5) is 23.1 Å². The minimum Gasteiger partial charge on any atom is -0.440 e. The number of hydrogen-bond acceptors (Lipinski definition) is 6. The number of hydrogen-bond donors (Lipinski definition) is 2. The molecule has 1 aromatic heterocycles. The van der Waals surface area contributed by atoms with Gasteiger partial charge < -0.3 is 15.4 Å². The molecule has 2 amide bonds. The van der Waals surface area contributed by atoms with Crippen LogP contribution in [0, 0.1) is 0 Å². The zero-order valence-corrected chi connectivity index (χ0v) is 13.9. The van der Waals surface area contributed by atoms with Crippen LogP contribution in [-0.4, -0.2) is 41.5 Å². The number of anilines is 1. The molecule has 136 valence electrons. The summed E-state index contributed by atoms with van der Waals surface area (Å²) in [5.74, 6) is -0.428. The van der Waals surface area contributed by atoms with E-state index >= 15 is 0 Å². The maximum atomic E-state index is 11.8. The topological polar surface area (TPSA) is 93.2 Å². The van der Waals surface area contributed by atoms with Gasteiger partial charge in [-0.1, -0.05) is 31.1 Å². The smallest absolute Gasteiger partial charge is 0.422 e. The number of unbranched alkanes of at least 4 members (excludes halogenated alkanes) is 2. The van der Waals surface area contributed by atoms with Gasteiger partial charge in [-0.2, -0.15) is 13.2 Å². The maximum Gasteiger partial charge on any atom is 0.422 e. The summed E-state index contributed by atoms with van der Waals surface area (Å²) in [7, 11) is 0. The first-order valence-corrected chi connectivity index (χ1v) is 8.21. The van der Waals surface area contributed by atoms with E-state index in [1.54, 1.807) is 0 Å². The van der Waals surface area contributed by atoms with E-state index in [0.29, 0.717) is 5.13 Å². The van der Waals surface area contributed by atoms with Gasteiger partial charge in [0.1, 0.15) is 5.01 Å². The molecule has 1 rings (SSSR count). The number of alkyl halides is 3. The molecule has 0 aliphatic heterocycles. The van der Waals surface area contributed by atoms with Gasteiger partial charge >= 0.3 is 12.3 Å². The number of alkyl carbamates (subject to hydrolysis) is 1. The first-order chi connectivity index (χ1) is 11.3. The van der Waals surface area contributed by atoms with Crippen LogP contribution in [0.3, 0.4) is 0 Å². The second kappa shape index (κ2) is 10.1. The van der Waals surface area contributed by atoms with Crippen LogP contribution in [0.1, 0.15) is 37.6 Å². The standard InChI is InChI=1S/C13H19F3N4O3S/c1-2-3-4-5-10-19-20-11(24-10)18-9(21)6-7-17-12(22)23-8-13(14,15)16/h2-8H2,1H3,(H,17,22)(H,18,20,21). The lowest BCUT2D eigenvalue weighted by Gasteiger charge is -2.08. The van der Waals surface area contributed by atoms with Gasteiger partial charge in [-0.3, -0.25) is 4.79 Å². The summed E-state index contributed by atoms with van der Waals surface area (Å²) < 4.78 is 39.4. The average Bonchev–Trinajstić information content (AvgIpc) is 2.92. The highest BCUT2D eigenvalue weighted by molar-refractivity contribution is 7.15. The number of aromatic nitrogens is 2. The second-order valence-corrected chi connectivity index (χ2v) is 5.94. The Morgan fingerprint density at radius 3 is 2.67 bits per heavy atom. The summed E-state index contributed by atoms with van der Waals surface area (Å²) in [5, 5.41) is 13.5. The number of halogens is 3. The van der Waals surface area contributed by atoms with Crippen LogP contribution < -0.4 is 10.6 Å². The Hall–Kier alpha value is -1.91. The van der Waals surface area contributed by atoms with E-state index in [1.807, 2.05) is 0 Å². The lowest BCUT2D eigenvalue weighted by Crippen LogP contribution is -2.31. The summed E-state index contributed by atoms with van der Waals surface area (Å²) in [4.78, 5) is 22.6. The quantitative estimate of drug-likeness (QED) is 0.654. The molecule has 0 spiro atoms. The van der Waals surface area contributed by atoms with Gasteiger partial charge in [0.05, 0.1) is 0 Å². The number of nitrogens with one attached hydrogen (secondary N) is 2. The van der Waals surface area contributed by atoms with E-state index in [4.69, 9.17) is 0 Å². The molecule has 1 aromatic rings. The van der Waals surface area contributed by atoms with Crippen molar-refractivity contribution in [2.45, 2.75) is 45.2 Å². The molecule has 0 aliphatic rings. The van der Waals surface area contributed by atoms with Gasteiger partial charge in [0, 0.05) is 19.4 Å². The van der Waals surface area contributed by atoms with Gasteiger partial charge in [0.15, 0.2) is 6.61 Å². The zero-order chi connectivity index (χ0) is 18.0. The molecule has 0 radical (unpaired) electrons. The summed E-state index contributed by atoms with van der Waals surface area (Å²) in [6.45, 7) is 0.278. The predicted octanol–water partition coefficient (Wildman–Crippen LogP) is 2.89. The fraction of sp³-hybridized carbons (Fsp3) is 0.692. The molecule has 2 N–H and O–H groups in total. The Kier molecular flexibility index (Phi) is 8.44. The Balaban J connectivity index is 2.21. The van der Waals surface area contributed by atoms with Crippen molar-refractivity contribution >= 4 is 28.5 Å². The van der Waals surface area contributed by atoms with Crippen LogP contribution >= 0.6 is 11.3 Å². The van der Waals surface area contributed by atoms with Gasteiger partial charge in [0.25, 0.3) is 0 Å². The van der Waals surface area contributed by atoms with Crippen LogP contribution in [0.2, 0.25) is 0 Å². The molecule has 0 aliphatic carbocycles. The predicted molar refractivity (Wildman–Crippen MR) is 81.8 cm³/mol. The van der Waals surface area contributed by atoms with Crippen molar-refractivity contribution in [2.75, 3.05) is 18.5 Å². The largest absolute Gasteiger partial charge is 0.440 e. The number of nitrogens with zero attached hydrogens (tertiary/aromatic N) is 2. The van der Waals surface area contributed by atoms with E-state index in [0.717, 1.165) is 30.7 Å². The highest BCUT2D eigenvalue weighted by Gasteiger charge is 2.29. The SMILES string of the molecule is CCCCCc1nnc(NC(=O)CCNC(=O)OCC(F)(F)F)s1. The molecule has 24 heavy (non-hydrogen) atoms. The Bertz CT molecular complexity index is 537. The monoisotopic (exact) mass is 368 g/mol. The van der Waals surface area contributed by atoms with Crippen LogP contribution in [0.15, 0.2) is 0 Å². The molecule has 0 unspecified atom stereocenters. The third-order valence-corrected chi connectivity index (χ3v) is 3.59. The first kappa shape index (κ1) is 20.1. The minimum absolute atomic E-state index is 0.119. The van der Waals surface area contributed by atoms with Crippen molar-refractivity contribution < 1.29 is 27.5 Å². The van der Waals surface area contributed by atoms with Gasteiger partial charge in [-0.05, 0) is 6.42 Å². The first-order valence-electron chi connectivity index (χ1n) is 7.39. The van der Waals surface area contributed by atoms with Crippen molar-refractivity contribution in [2.24, 2.45) is 0 Å². The lowest BCUT2D eigenvalue weighted by atomic mass is 10.2. The van der Waals surface area contributed by atoms with Crippen molar-refractivity contribution in [3.05, 3.63) is 5.01 Å². The number of carbonyl (C=O) groups is 2. The van der Waals surface area contributed by atoms with Crippen LogP contribution in [-0.2, 0) is 16.0 Å². The van der Waals surface area contributed by atoms with E-state index < -0.39 is 24.8 Å². The molecule has 0 bridgehead atoms. The van der Waals surface area contributed by atoms with Crippen molar-refractivity contribution in [3.8, 4) is 0 Å². The second-order valence-electron chi connectivity index (χ2n) is 4.87. The number of aryl methyl sites for hydroxylation is 1. The highest BCUT2D eigenvalue weighted by Crippen LogP contribution is 2.17. The van der Waals surface area contributed by atoms with Crippen molar-refractivity contribution in [1.29, 1.82) is 0 Å². The molecule has 0 atom stereocenters. The molecule has 0 saturated heterocycles. The summed E-state index contributed by atoms with van der Waals surface area (Å²) in [6, 6.07) is 0. The molecule has 7 nitrogen and oxygen atoms in total. The zero-order valence-electron chi connectivity index (χ0n) is 13.1. The molecule has 0 aromatic carbocycles. The Morgan fingerprint density at radius 1 is 1.25 bits per heavy atom. The maximum absolute atomic E-state index is 11.8. The molecule has 11 heteroatoms. The fourth-order valence-corrected chi connectivity index (χ4v) is 2.39. The summed E-state index contributed by atoms with van der Waals surface area (Å²) >= 11 is 1.27. The minimum atomic E-state index is -4.58. The number of ether oxygens (including phenoxy) is 1.